The molecule has 1 aliphatic heterocycles. The van der Waals surface area contributed by atoms with Gasteiger partial charge >= 0.3 is 17.6 Å². The largest absolute Gasteiger partial charge is 0.466 e. The Morgan fingerprint density at radius 3 is 2.47 bits per heavy atom. The minimum absolute atomic E-state index is 0.0214. The lowest BCUT2D eigenvalue weighted by Crippen LogP contribution is -2.34. The number of allylic oxidation sites excluding steroid dienone is 3. The second-order valence-electron chi connectivity index (χ2n) is 10.2. The topological polar surface area (TPSA) is 112 Å². The number of hydrogen-bond acceptors (Lipinski definition) is 8. The molecule has 1 aromatic heterocycles. The molecule has 1 aliphatic carbocycles. The number of carbonyl (C=O) groups excluding carboxylic acids is 3. The molecule has 2 heterocycles. The first-order valence-electron chi connectivity index (χ1n) is 12.1. The van der Waals surface area contributed by atoms with Crippen molar-refractivity contribution in [1.29, 1.82) is 0 Å². The zero-order chi connectivity index (χ0) is 26.4. The van der Waals surface area contributed by atoms with Gasteiger partial charge in [-0.15, -0.1) is 0 Å². The number of benzene rings is 1. The number of nitrogens with one attached hydrogen (secondary N) is 1. The molecule has 1 unspecified atom stereocenters. The van der Waals surface area contributed by atoms with E-state index in [0.717, 1.165) is 12.1 Å². The molecule has 0 radical (unpaired) electrons. The summed E-state index contributed by atoms with van der Waals surface area (Å²) >= 11 is 0. The van der Waals surface area contributed by atoms with Gasteiger partial charge in [-0.3, -0.25) is 4.79 Å². The Bertz CT molecular complexity index is 1400. The van der Waals surface area contributed by atoms with Gasteiger partial charge in [0.2, 0.25) is 0 Å². The Labute approximate surface area is 209 Å². The average Bonchev–Trinajstić information content (AvgIpc) is 2.81. The molecule has 8 nitrogen and oxygen atoms in total. The van der Waals surface area contributed by atoms with Gasteiger partial charge in [-0.1, -0.05) is 26.8 Å². The highest BCUT2D eigenvalue weighted by molar-refractivity contribution is 6.04. The van der Waals surface area contributed by atoms with Crippen LogP contribution in [0.15, 0.2) is 50.0 Å². The first kappa shape index (κ1) is 25.4. The second kappa shape index (κ2) is 9.41. The summed E-state index contributed by atoms with van der Waals surface area (Å²) in [5.41, 5.74) is 2.65. The summed E-state index contributed by atoms with van der Waals surface area (Å²) in [7, 11) is 1.31. The maximum atomic E-state index is 13.2. The molecular weight excluding hydrogens is 462 g/mol. The highest BCUT2D eigenvalue weighted by Gasteiger charge is 2.39. The molecule has 0 saturated carbocycles. The molecule has 0 spiro atoms. The molecule has 1 atom stereocenters. The summed E-state index contributed by atoms with van der Waals surface area (Å²) in [6, 6.07) is 5.12. The van der Waals surface area contributed by atoms with E-state index < -0.39 is 28.9 Å². The molecule has 190 valence electrons. The second-order valence-corrected chi connectivity index (χ2v) is 10.2. The zero-order valence-corrected chi connectivity index (χ0v) is 21.5. The van der Waals surface area contributed by atoms with Crippen LogP contribution in [0.25, 0.3) is 11.0 Å². The van der Waals surface area contributed by atoms with Crippen molar-refractivity contribution in [1.82, 2.24) is 5.32 Å². The number of fused-ring (bicyclic) bond motifs is 1. The molecule has 0 saturated heterocycles. The van der Waals surface area contributed by atoms with Crippen molar-refractivity contribution in [2.75, 3.05) is 13.7 Å². The number of rotatable bonds is 4. The Balaban J connectivity index is 2.06. The molecule has 2 aromatic rings. The zero-order valence-electron chi connectivity index (χ0n) is 21.5. The number of ether oxygens (including phenoxy) is 2. The van der Waals surface area contributed by atoms with E-state index in [4.69, 9.17) is 13.9 Å². The molecular formula is C28H31NO7. The Morgan fingerprint density at radius 2 is 1.83 bits per heavy atom. The summed E-state index contributed by atoms with van der Waals surface area (Å²) in [5.74, 6) is -1.98. The van der Waals surface area contributed by atoms with Crippen molar-refractivity contribution in [3.63, 3.8) is 0 Å². The van der Waals surface area contributed by atoms with Gasteiger partial charge in [0, 0.05) is 40.3 Å². The molecule has 1 N–H and O–H groups in total. The molecule has 36 heavy (non-hydrogen) atoms. The number of methoxy groups -OCH3 is 1. The summed E-state index contributed by atoms with van der Waals surface area (Å²) in [4.78, 5) is 51.3. The van der Waals surface area contributed by atoms with E-state index in [1.807, 2.05) is 26.8 Å². The maximum Gasteiger partial charge on any atom is 0.351 e. The fraction of sp³-hybridized carbons (Fsp3) is 0.429. The summed E-state index contributed by atoms with van der Waals surface area (Å²) in [5, 5.41) is 3.76. The van der Waals surface area contributed by atoms with Crippen LogP contribution in [-0.2, 0) is 24.5 Å². The van der Waals surface area contributed by atoms with E-state index in [1.54, 1.807) is 19.9 Å². The molecule has 8 heteroatoms. The van der Waals surface area contributed by atoms with Gasteiger partial charge in [-0.05, 0) is 49.8 Å². The SMILES string of the molecule is CCOC(=O)c1cc2cc(C3C(C(=O)OC)=C(C)NC4=C3C(=O)CCC4)cc(C(C)(C)C)c2oc1=O. The molecule has 2 aliphatic rings. The van der Waals surface area contributed by atoms with Crippen molar-refractivity contribution in [2.45, 2.75) is 65.2 Å². The van der Waals surface area contributed by atoms with Gasteiger partial charge in [-0.2, -0.15) is 0 Å². The molecule has 1 aromatic carbocycles. The predicted molar refractivity (Wildman–Crippen MR) is 134 cm³/mol. The van der Waals surface area contributed by atoms with E-state index in [0.29, 0.717) is 51.8 Å². The van der Waals surface area contributed by atoms with Gasteiger partial charge < -0.3 is 19.2 Å². The van der Waals surface area contributed by atoms with Crippen LogP contribution in [0, 0.1) is 0 Å². The lowest BCUT2D eigenvalue weighted by molar-refractivity contribution is -0.136. The van der Waals surface area contributed by atoms with Gasteiger partial charge in [-0.25, -0.2) is 14.4 Å². The quantitative estimate of drug-likeness (QED) is 0.493. The fourth-order valence-corrected chi connectivity index (χ4v) is 5.03. The third-order valence-electron chi connectivity index (χ3n) is 6.67. The van der Waals surface area contributed by atoms with Crippen molar-refractivity contribution in [2.24, 2.45) is 0 Å². The van der Waals surface area contributed by atoms with Crippen LogP contribution in [0.5, 0.6) is 0 Å². The standard InChI is InChI=1S/C28H31NO7/c1-7-35-25(31)17-12-16-11-15(13-18(28(3,4)5)24(16)36-26(17)32)22-21(27(33)34-6)14(2)29-19-9-8-10-20(30)23(19)22/h11-13,22,29H,7-10H2,1-6H3. The summed E-state index contributed by atoms with van der Waals surface area (Å²) in [6.45, 7) is 9.50. The molecule has 0 fully saturated rings. The highest BCUT2D eigenvalue weighted by Crippen LogP contribution is 2.44. The van der Waals surface area contributed by atoms with Gasteiger partial charge in [0.1, 0.15) is 11.1 Å². The number of esters is 2. The molecule has 0 amide bonds. The molecule has 4 rings (SSSR count). The lowest BCUT2D eigenvalue weighted by Gasteiger charge is -2.34. The average molecular weight is 494 g/mol. The van der Waals surface area contributed by atoms with Crippen LogP contribution >= 0.6 is 0 Å². The summed E-state index contributed by atoms with van der Waals surface area (Å²) < 4.78 is 15.8. The first-order valence-corrected chi connectivity index (χ1v) is 12.1. The van der Waals surface area contributed by atoms with Gasteiger partial charge in [0.15, 0.2) is 5.78 Å². The van der Waals surface area contributed by atoms with Crippen LogP contribution in [-0.4, -0.2) is 31.4 Å². The minimum atomic E-state index is -0.778. The van der Waals surface area contributed by atoms with Crippen LogP contribution in [0.4, 0.5) is 0 Å². The van der Waals surface area contributed by atoms with E-state index in [9.17, 15) is 19.2 Å². The fourth-order valence-electron chi connectivity index (χ4n) is 5.03. The Kier molecular flexibility index (Phi) is 6.64. The van der Waals surface area contributed by atoms with Crippen molar-refractivity contribution >= 4 is 28.7 Å². The number of ketones is 1. The lowest BCUT2D eigenvalue weighted by atomic mass is 9.73. The minimum Gasteiger partial charge on any atom is -0.466 e. The third kappa shape index (κ3) is 4.36. The normalized spacial score (nSPS) is 18.2. The van der Waals surface area contributed by atoms with Crippen LogP contribution < -0.4 is 10.9 Å². The third-order valence-corrected chi connectivity index (χ3v) is 6.67. The van der Waals surface area contributed by atoms with Gasteiger partial charge in [0.05, 0.1) is 19.3 Å². The monoisotopic (exact) mass is 493 g/mol. The van der Waals surface area contributed by atoms with Crippen LogP contribution in [0.3, 0.4) is 0 Å². The molecule has 0 bridgehead atoms. The smallest absolute Gasteiger partial charge is 0.351 e. The van der Waals surface area contributed by atoms with E-state index in [-0.39, 0.29) is 18.0 Å². The predicted octanol–water partition coefficient (Wildman–Crippen LogP) is 4.41. The van der Waals surface area contributed by atoms with Crippen molar-refractivity contribution < 1.29 is 28.3 Å². The van der Waals surface area contributed by atoms with Crippen molar-refractivity contribution in [3.8, 4) is 0 Å². The number of dihydropyridines is 1. The van der Waals surface area contributed by atoms with E-state index >= 15 is 0 Å². The van der Waals surface area contributed by atoms with Crippen LogP contribution in [0.1, 0.15) is 81.3 Å². The number of hydrogen-bond donors (Lipinski definition) is 1. The summed E-state index contributed by atoms with van der Waals surface area (Å²) in [6.07, 6.45) is 1.83. The number of Topliss-reactive ketones (excluding diaryl/α,β-unsaturated/α-hetero) is 1. The Hall–Kier alpha value is -3.68. The van der Waals surface area contributed by atoms with Crippen molar-refractivity contribution in [3.05, 3.63) is 67.8 Å². The van der Waals surface area contributed by atoms with E-state index in [2.05, 4.69) is 5.32 Å². The maximum absolute atomic E-state index is 13.2. The first-order chi connectivity index (χ1) is 17.0. The Morgan fingerprint density at radius 1 is 1.11 bits per heavy atom. The number of carbonyl (C=O) groups is 3. The van der Waals surface area contributed by atoms with Gasteiger partial charge in [0.25, 0.3) is 0 Å². The highest BCUT2D eigenvalue weighted by atomic mass is 16.5. The van der Waals surface area contributed by atoms with Crippen LogP contribution in [0.2, 0.25) is 0 Å². The van der Waals surface area contributed by atoms with E-state index in [1.165, 1.54) is 13.2 Å².